The van der Waals surface area contributed by atoms with E-state index < -0.39 is 0 Å². The van der Waals surface area contributed by atoms with Gasteiger partial charge in [0.05, 0.1) is 22.4 Å². The number of nitrogens with zero attached hydrogens (tertiary/aromatic N) is 2. The van der Waals surface area contributed by atoms with Gasteiger partial charge in [0.2, 0.25) is 0 Å². The third-order valence-electron chi connectivity index (χ3n) is 4.93. The maximum absolute atomic E-state index is 6.33. The minimum Gasteiger partial charge on any atom is -0.375 e. The molecule has 1 saturated carbocycles. The Morgan fingerprint density at radius 1 is 0.955 bits per heavy atom. The van der Waals surface area contributed by atoms with Crippen LogP contribution in [0.15, 0.2) is 24.3 Å². The van der Waals surface area contributed by atoms with E-state index in [1.807, 2.05) is 11.3 Å². The van der Waals surface area contributed by atoms with Gasteiger partial charge in [-0.3, -0.25) is 0 Å². The molecular weight excluding hydrogens is 292 g/mol. The van der Waals surface area contributed by atoms with Crippen LogP contribution in [0.3, 0.4) is 0 Å². The van der Waals surface area contributed by atoms with Gasteiger partial charge in [0.1, 0.15) is 0 Å². The maximum atomic E-state index is 6.33. The predicted molar refractivity (Wildman–Crippen MR) is 92.8 cm³/mol. The highest BCUT2D eigenvalue weighted by molar-refractivity contribution is 7.22. The molecule has 2 aromatic rings. The minimum absolute atomic E-state index is 0.466. The lowest BCUT2D eigenvalue weighted by Gasteiger charge is -2.34. The summed E-state index contributed by atoms with van der Waals surface area (Å²) in [6.45, 7) is 2.16. The summed E-state index contributed by atoms with van der Waals surface area (Å²) in [5, 5.41) is 1.18. The molecule has 0 radical (unpaired) electrons. The molecule has 4 rings (SSSR count). The van der Waals surface area contributed by atoms with Crippen LogP contribution in [-0.4, -0.2) is 30.3 Å². The van der Waals surface area contributed by atoms with Gasteiger partial charge in [0.25, 0.3) is 0 Å². The van der Waals surface area contributed by atoms with Gasteiger partial charge >= 0.3 is 0 Å². The standard InChI is InChI=1S/C18H24N2OS/c1-2-6-14(7-3-1)21-15-10-12-20(13-11-15)18-19-16-8-4-5-9-17(16)22-18/h4-5,8-9,14-15H,1-3,6-7,10-13H2. The van der Waals surface area contributed by atoms with E-state index >= 15 is 0 Å². The Bertz CT molecular complexity index is 579. The van der Waals surface area contributed by atoms with Crippen molar-refractivity contribution in [3.8, 4) is 0 Å². The van der Waals surface area contributed by atoms with Crippen molar-refractivity contribution in [2.24, 2.45) is 0 Å². The van der Waals surface area contributed by atoms with E-state index in [0.29, 0.717) is 12.2 Å². The minimum atomic E-state index is 0.466. The van der Waals surface area contributed by atoms with Crippen molar-refractivity contribution in [2.75, 3.05) is 18.0 Å². The molecule has 118 valence electrons. The van der Waals surface area contributed by atoms with Gasteiger partial charge in [-0.05, 0) is 37.8 Å². The second kappa shape index (κ2) is 6.55. The predicted octanol–water partition coefficient (Wildman–Crippen LogP) is 4.61. The van der Waals surface area contributed by atoms with E-state index in [1.165, 1.54) is 41.9 Å². The van der Waals surface area contributed by atoms with Crippen molar-refractivity contribution in [2.45, 2.75) is 57.2 Å². The Hall–Kier alpha value is -1.13. The first-order valence-corrected chi connectivity index (χ1v) is 9.46. The van der Waals surface area contributed by atoms with Crippen LogP contribution in [0.25, 0.3) is 10.2 Å². The summed E-state index contributed by atoms with van der Waals surface area (Å²) in [4.78, 5) is 7.22. The summed E-state index contributed by atoms with van der Waals surface area (Å²) in [5.74, 6) is 0. The van der Waals surface area contributed by atoms with Crippen molar-refractivity contribution in [3.05, 3.63) is 24.3 Å². The molecule has 1 aliphatic heterocycles. The van der Waals surface area contributed by atoms with E-state index in [0.717, 1.165) is 31.4 Å². The summed E-state index contributed by atoms with van der Waals surface area (Å²) in [5.41, 5.74) is 1.13. The van der Waals surface area contributed by atoms with Gasteiger partial charge < -0.3 is 9.64 Å². The Morgan fingerprint density at radius 3 is 2.45 bits per heavy atom. The monoisotopic (exact) mass is 316 g/mol. The summed E-state index contributed by atoms with van der Waals surface area (Å²) in [6.07, 6.45) is 9.96. The van der Waals surface area contributed by atoms with Crippen molar-refractivity contribution < 1.29 is 4.74 Å². The first kappa shape index (κ1) is 14.5. The molecule has 0 atom stereocenters. The zero-order valence-electron chi connectivity index (χ0n) is 13.0. The SMILES string of the molecule is c1ccc2sc(N3CCC(OC4CCCCC4)CC3)nc2c1. The van der Waals surface area contributed by atoms with Gasteiger partial charge in [-0.2, -0.15) is 0 Å². The molecule has 0 spiro atoms. The summed E-state index contributed by atoms with van der Waals surface area (Å²) < 4.78 is 7.62. The van der Waals surface area contributed by atoms with Crippen molar-refractivity contribution in [3.63, 3.8) is 0 Å². The smallest absolute Gasteiger partial charge is 0.186 e. The number of thiazole rings is 1. The number of rotatable bonds is 3. The largest absolute Gasteiger partial charge is 0.375 e. The van der Waals surface area contributed by atoms with E-state index in [-0.39, 0.29) is 0 Å². The van der Waals surface area contributed by atoms with Crippen LogP contribution < -0.4 is 4.90 Å². The van der Waals surface area contributed by atoms with Crippen molar-refractivity contribution in [1.82, 2.24) is 4.98 Å². The zero-order valence-corrected chi connectivity index (χ0v) is 13.9. The lowest BCUT2D eigenvalue weighted by atomic mass is 9.97. The molecule has 22 heavy (non-hydrogen) atoms. The molecule has 2 aliphatic rings. The lowest BCUT2D eigenvalue weighted by Crippen LogP contribution is -2.38. The fraction of sp³-hybridized carbons (Fsp3) is 0.611. The van der Waals surface area contributed by atoms with E-state index in [9.17, 15) is 0 Å². The van der Waals surface area contributed by atoms with Crippen molar-refractivity contribution in [1.29, 1.82) is 0 Å². The number of piperidine rings is 1. The molecular formula is C18H24N2OS. The molecule has 1 saturated heterocycles. The highest BCUT2D eigenvalue weighted by atomic mass is 32.1. The normalized spacial score (nSPS) is 21.5. The van der Waals surface area contributed by atoms with Crippen LogP contribution in [0.4, 0.5) is 5.13 Å². The third kappa shape index (κ3) is 3.13. The molecule has 2 heterocycles. The highest BCUT2D eigenvalue weighted by Crippen LogP contribution is 2.31. The summed E-state index contributed by atoms with van der Waals surface area (Å²) >= 11 is 1.81. The van der Waals surface area contributed by atoms with Gasteiger partial charge in [0, 0.05) is 13.1 Å². The molecule has 0 N–H and O–H groups in total. The molecule has 1 aromatic heterocycles. The topological polar surface area (TPSA) is 25.4 Å². The fourth-order valence-corrected chi connectivity index (χ4v) is 4.67. The van der Waals surface area contributed by atoms with Crippen LogP contribution in [0, 0.1) is 0 Å². The molecule has 0 unspecified atom stereocenters. The molecule has 1 aliphatic carbocycles. The van der Waals surface area contributed by atoms with Crippen LogP contribution in [0.1, 0.15) is 44.9 Å². The maximum Gasteiger partial charge on any atom is 0.186 e. The Morgan fingerprint density at radius 2 is 1.68 bits per heavy atom. The average molecular weight is 316 g/mol. The number of fused-ring (bicyclic) bond motifs is 1. The van der Waals surface area contributed by atoms with Crippen LogP contribution in [0.2, 0.25) is 0 Å². The first-order valence-electron chi connectivity index (χ1n) is 8.64. The second-order valence-electron chi connectivity index (χ2n) is 6.55. The zero-order chi connectivity index (χ0) is 14.8. The van der Waals surface area contributed by atoms with Crippen molar-refractivity contribution >= 4 is 26.7 Å². The van der Waals surface area contributed by atoms with Gasteiger partial charge in [0.15, 0.2) is 5.13 Å². The number of hydrogen-bond donors (Lipinski definition) is 0. The molecule has 2 fully saturated rings. The fourth-order valence-electron chi connectivity index (χ4n) is 3.65. The Labute approximate surface area is 136 Å². The van der Waals surface area contributed by atoms with E-state index in [2.05, 4.69) is 29.2 Å². The van der Waals surface area contributed by atoms with Crippen LogP contribution >= 0.6 is 11.3 Å². The summed E-state index contributed by atoms with van der Waals surface area (Å²) in [6, 6.07) is 8.42. The summed E-state index contributed by atoms with van der Waals surface area (Å²) in [7, 11) is 0. The molecule has 3 nitrogen and oxygen atoms in total. The number of aromatic nitrogens is 1. The highest BCUT2D eigenvalue weighted by Gasteiger charge is 2.25. The van der Waals surface area contributed by atoms with Gasteiger partial charge in [-0.15, -0.1) is 0 Å². The molecule has 0 bridgehead atoms. The average Bonchev–Trinajstić information content (AvgIpc) is 3.00. The second-order valence-corrected chi connectivity index (χ2v) is 7.56. The lowest BCUT2D eigenvalue weighted by molar-refractivity contribution is -0.0395. The van der Waals surface area contributed by atoms with Crippen LogP contribution in [-0.2, 0) is 4.74 Å². The third-order valence-corrected chi connectivity index (χ3v) is 6.03. The number of para-hydroxylation sites is 1. The van der Waals surface area contributed by atoms with Gasteiger partial charge in [-0.1, -0.05) is 42.7 Å². The van der Waals surface area contributed by atoms with Gasteiger partial charge in [-0.25, -0.2) is 4.98 Å². The van der Waals surface area contributed by atoms with E-state index in [4.69, 9.17) is 9.72 Å². The first-order chi connectivity index (χ1) is 10.9. The Kier molecular flexibility index (Phi) is 4.30. The Balaban J connectivity index is 1.35. The molecule has 1 aromatic carbocycles. The van der Waals surface area contributed by atoms with Crippen LogP contribution in [0.5, 0.6) is 0 Å². The molecule has 4 heteroatoms. The number of anilines is 1. The van der Waals surface area contributed by atoms with E-state index in [1.54, 1.807) is 0 Å². The number of ether oxygens (including phenoxy) is 1. The molecule has 0 amide bonds. The number of benzene rings is 1. The quantitative estimate of drug-likeness (QED) is 0.826. The number of hydrogen-bond acceptors (Lipinski definition) is 4.